The molecule has 0 unspecified atom stereocenters. The zero-order valence-corrected chi connectivity index (χ0v) is 20.0. The number of halogens is 1. The van der Waals surface area contributed by atoms with Crippen LogP contribution in [0.25, 0.3) is 0 Å². The standard InChI is InChI=1S/C21H36N4O2.HI/c1-22-21(23-12-6-4-7-13-25-14-8-5-9-15-25)24-17-18-10-11-19(26-2)16-20(18)27-3;/h10-11,16H,4-9,12-15,17H2,1-3H3,(H2,22,23,24);1H. The largest absolute Gasteiger partial charge is 0.497 e. The zero-order valence-electron chi connectivity index (χ0n) is 17.6. The molecule has 7 heteroatoms. The minimum absolute atomic E-state index is 0. The van der Waals surface area contributed by atoms with Gasteiger partial charge in [0.15, 0.2) is 5.96 Å². The molecule has 1 aromatic carbocycles. The van der Waals surface area contributed by atoms with Gasteiger partial charge in [-0.2, -0.15) is 0 Å². The van der Waals surface area contributed by atoms with Crippen LogP contribution in [0.15, 0.2) is 23.2 Å². The highest BCUT2D eigenvalue weighted by Crippen LogP contribution is 2.24. The van der Waals surface area contributed by atoms with Crippen LogP contribution in [0.2, 0.25) is 0 Å². The molecule has 0 aromatic heterocycles. The number of nitrogens with one attached hydrogen (secondary N) is 2. The Hall–Kier alpha value is -1.22. The number of likely N-dealkylation sites (tertiary alicyclic amines) is 1. The highest BCUT2D eigenvalue weighted by Gasteiger charge is 2.09. The van der Waals surface area contributed by atoms with Gasteiger partial charge in [0.05, 0.1) is 14.2 Å². The fourth-order valence-corrected chi connectivity index (χ4v) is 3.42. The van der Waals surface area contributed by atoms with Crippen molar-refractivity contribution >= 4 is 29.9 Å². The summed E-state index contributed by atoms with van der Waals surface area (Å²) in [5, 5.41) is 6.75. The molecule has 1 saturated heterocycles. The van der Waals surface area contributed by atoms with E-state index < -0.39 is 0 Å². The average molecular weight is 504 g/mol. The Kier molecular flexibility index (Phi) is 13.1. The van der Waals surface area contributed by atoms with E-state index in [4.69, 9.17) is 9.47 Å². The van der Waals surface area contributed by atoms with Gasteiger partial charge in [-0.25, -0.2) is 0 Å². The second-order valence-electron chi connectivity index (χ2n) is 6.99. The highest BCUT2D eigenvalue weighted by atomic mass is 127. The van der Waals surface area contributed by atoms with Crippen LogP contribution in [0.1, 0.15) is 44.1 Å². The number of hydrogen-bond donors (Lipinski definition) is 2. The van der Waals surface area contributed by atoms with Gasteiger partial charge in [-0.05, 0) is 57.5 Å². The van der Waals surface area contributed by atoms with E-state index in [0.717, 1.165) is 29.6 Å². The summed E-state index contributed by atoms with van der Waals surface area (Å²) >= 11 is 0. The first-order valence-electron chi connectivity index (χ1n) is 10.1. The van der Waals surface area contributed by atoms with Gasteiger partial charge in [0.25, 0.3) is 0 Å². The van der Waals surface area contributed by atoms with Crippen molar-refractivity contribution in [1.82, 2.24) is 15.5 Å². The molecule has 2 rings (SSSR count). The number of methoxy groups -OCH3 is 2. The van der Waals surface area contributed by atoms with Crippen LogP contribution in [-0.2, 0) is 6.54 Å². The Bertz CT molecular complexity index is 578. The predicted molar refractivity (Wildman–Crippen MR) is 127 cm³/mol. The molecular formula is C21H37IN4O2. The van der Waals surface area contributed by atoms with Crippen LogP contribution < -0.4 is 20.1 Å². The van der Waals surface area contributed by atoms with Gasteiger partial charge in [0, 0.05) is 31.8 Å². The van der Waals surface area contributed by atoms with Crippen LogP contribution in [0.4, 0.5) is 0 Å². The summed E-state index contributed by atoms with van der Waals surface area (Å²) in [6.45, 7) is 5.44. The minimum Gasteiger partial charge on any atom is -0.497 e. The third-order valence-corrected chi connectivity index (χ3v) is 5.06. The van der Waals surface area contributed by atoms with Crippen LogP contribution in [0, 0.1) is 0 Å². The highest BCUT2D eigenvalue weighted by molar-refractivity contribution is 14.0. The van der Waals surface area contributed by atoms with Crippen molar-refractivity contribution in [3.63, 3.8) is 0 Å². The first kappa shape index (κ1) is 24.8. The molecular weight excluding hydrogens is 467 g/mol. The molecule has 0 radical (unpaired) electrons. The van der Waals surface area contributed by atoms with Gasteiger partial charge < -0.3 is 25.0 Å². The smallest absolute Gasteiger partial charge is 0.191 e. The Labute approximate surface area is 187 Å². The molecule has 160 valence electrons. The number of ether oxygens (including phenoxy) is 2. The lowest BCUT2D eigenvalue weighted by molar-refractivity contribution is 0.224. The summed E-state index contributed by atoms with van der Waals surface area (Å²) in [7, 11) is 5.14. The first-order valence-corrected chi connectivity index (χ1v) is 10.1. The molecule has 0 amide bonds. The molecule has 1 heterocycles. The molecule has 2 N–H and O–H groups in total. The molecule has 0 aliphatic carbocycles. The van der Waals surface area contributed by atoms with E-state index in [-0.39, 0.29) is 24.0 Å². The molecule has 1 aliphatic heterocycles. The third-order valence-electron chi connectivity index (χ3n) is 5.06. The Morgan fingerprint density at radius 2 is 1.82 bits per heavy atom. The quantitative estimate of drug-likeness (QED) is 0.221. The summed E-state index contributed by atoms with van der Waals surface area (Å²) in [5.74, 6) is 2.43. The summed E-state index contributed by atoms with van der Waals surface area (Å²) < 4.78 is 10.7. The summed E-state index contributed by atoms with van der Waals surface area (Å²) in [6.07, 6.45) is 7.88. The van der Waals surface area contributed by atoms with Crippen molar-refractivity contribution in [2.75, 3.05) is 47.4 Å². The lowest BCUT2D eigenvalue weighted by Gasteiger charge is -2.26. The van der Waals surface area contributed by atoms with Gasteiger partial charge >= 0.3 is 0 Å². The molecule has 6 nitrogen and oxygen atoms in total. The molecule has 0 bridgehead atoms. The van der Waals surface area contributed by atoms with Crippen molar-refractivity contribution in [2.24, 2.45) is 4.99 Å². The van der Waals surface area contributed by atoms with E-state index in [2.05, 4.69) is 20.5 Å². The van der Waals surface area contributed by atoms with Crippen molar-refractivity contribution < 1.29 is 9.47 Å². The molecule has 1 aromatic rings. The molecule has 0 spiro atoms. The normalized spacial score (nSPS) is 14.9. The number of hydrogen-bond acceptors (Lipinski definition) is 4. The maximum atomic E-state index is 5.44. The fraction of sp³-hybridized carbons (Fsp3) is 0.667. The monoisotopic (exact) mass is 504 g/mol. The van der Waals surface area contributed by atoms with E-state index in [0.29, 0.717) is 6.54 Å². The number of rotatable bonds is 10. The predicted octanol–water partition coefficient (Wildman–Crippen LogP) is 3.64. The van der Waals surface area contributed by atoms with Crippen LogP contribution in [-0.4, -0.2) is 58.3 Å². The van der Waals surface area contributed by atoms with Crippen molar-refractivity contribution in [3.05, 3.63) is 23.8 Å². The molecule has 0 atom stereocenters. The zero-order chi connectivity index (χ0) is 19.3. The topological polar surface area (TPSA) is 58.1 Å². The van der Waals surface area contributed by atoms with E-state index in [9.17, 15) is 0 Å². The Morgan fingerprint density at radius 1 is 1.04 bits per heavy atom. The number of unbranched alkanes of at least 4 members (excludes halogenated alkanes) is 2. The maximum absolute atomic E-state index is 5.44. The van der Waals surface area contributed by atoms with Gasteiger partial charge in [-0.15, -0.1) is 24.0 Å². The fourth-order valence-electron chi connectivity index (χ4n) is 3.42. The Balaban J connectivity index is 0.00000392. The van der Waals surface area contributed by atoms with Crippen LogP contribution in [0.5, 0.6) is 11.5 Å². The van der Waals surface area contributed by atoms with Gasteiger partial charge in [0.2, 0.25) is 0 Å². The maximum Gasteiger partial charge on any atom is 0.191 e. The lowest BCUT2D eigenvalue weighted by Crippen LogP contribution is -2.37. The van der Waals surface area contributed by atoms with Crippen molar-refractivity contribution in [3.8, 4) is 11.5 Å². The van der Waals surface area contributed by atoms with E-state index >= 15 is 0 Å². The summed E-state index contributed by atoms with van der Waals surface area (Å²) in [4.78, 5) is 6.92. The lowest BCUT2D eigenvalue weighted by atomic mass is 10.1. The van der Waals surface area contributed by atoms with Crippen molar-refractivity contribution in [1.29, 1.82) is 0 Å². The Morgan fingerprint density at radius 3 is 2.50 bits per heavy atom. The number of nitrogens with zero attached hydrogens (tertiary/aromatic N) is 2. The first-order chi connectivity index (χ1) is 13.3. The number of guanidine groups is 1. The van der Waals surface area contributed by atoms with Gasteiger partial charge in [-0.1, -0.05) is 12.8 Å². The summed E-state index contributed by atoms with van der Waals surface area (Å²) in [5.41, 5.74) is 1.07. The van der Waals surface area contributed by atoms with Crippen LogP contribution in [0.3, 0.4) is 0 Å². The third kappa shape index (κ3) is 8.86. The van der Waals surface area contributed by atoms with E-state index in [1.54, 1.807) is 21.3 Å². The number of piperidine rings is 1. The second kappa shape index (κ2) is 14.7. The van der Waals surface area contributed by atoms with Crippen LogP contribution >= 0.6 is 24.0 Å². The SMILES string of the molecule is CN=C(NCCCCCN1CCCCC1)NCc1ccc(OC)cc1OC.I. The van der Waals surface area contributed by atoms with Gasteiger partial charge in [-0.3, -0.25) is 4.99 Å². The van der Waals surface area contributed by atoms with Crippen molar-refractivity contribution in [2.45, 2.75) is 45.1 Å². The second-order valence-corrected chi connectivity index (χ2v) is 6.99. The molecule has 1 aliphatic rings. The molecule has 1 fully saturated rings. The number of benzene rings is 1. The number of aliphatic imine (C=N–C) groups is 1. The summed E-state index contributed by atoms with van der Waals surface area (Å²) in [6, 6.07) is 5.85. The molecule has 28 heavy (non-hydrogen) atoms. The minimum atomic E-state index is 0. The average Bonchev–Trinajstić information content (AvgIpc) is 2.73. The van der Waals surface area contributed by atoms with Gasteiger partial charge in [0.1, 0.15) is 11.5 Å². The molecule has 0 saturated carbocycles. The van der Waals surface area contributed by atoms with E-state index in [1.165, 1.54) is 58.2 Å². The van der Waals surface area contributed by atoms with E-state index in [1.807, 2.05) is 18.2 Å².